The van der Waals surface area contributed by atoms with Gasteiger partial charge in [-0.05, 0) is 50.0 Å². The number of methoxy groups -OCH3 is 2. The minimum Gasteiger partial charge on any atom is -0.507 e. The number of hydrogen-bond donors (Lipinski definition) is 1. The second-order valence-corrected chi connectivity index (χ2v) is 7.75. The molecule has 1 N–H and O–H groups in total. The van der Waals surface area contributed by atoms with Gasteiger partial charge in [-0.3, -0.25) is 9.59 Å². The van der Waals surface area contributed by atoms with Crippen LogP contribution in [0.5, 0.6) is 5.75 Å². The van der Waals surface area contributed by atoms with Crippen LogP contribution >= 0.6 is 0 Å². The van der Waals surface area contributed by atoms with Crippen molar-refractivity contribution in [3.63, 3.8) is 0 Å². The summed E-state index contributed by atoms with van der Waals surface area (Å²) in [6, 6.07) is 8.78. The number of carbonyl (C=O) groups is 3. The van der Waals surface area contributed by atoms with Crippen molar-refractivity contribution in [2.45, 2.75) is 6.04 Å². The number of benzene rings is 2. The predicted molar refractivity (Wildman–Crippen MR) is 118 cm³/mol. The molecule has 1 atom stereocenters. The van der Waals surface area contributed by atoms with Gasteiger partial charge in [0.15, 0.2) is 0 Å². The van der Waals surface area contributed by atoms with Crippen molar-refractivity contribution in [2.24, 2.45) is 0 Å². The molecule has 0 bridgehead atoms. The first-order chi connectivity index (χ1) is 15.7. The molecule has 2 aromatic carbocycles. The maximum absolute atomic E-state index is 14.0. The van der Waals surface area contributed by atoms with E-state index in [2.05, 4.69) is 0 Å². The molecule has 3 rings (SSSR count). The third-order valence-electron chi connectivity index (χ3n) is 5.39. The Bertz CT molecular complexity index is 1110. The molecule has 1 fully saturated rings. The molecule has 9 heteroatoms. The van der Waals surface area contributed by atoms with Gasteiger partial charge < -0.3 is 24.4 Å². The second kappa shape index (κ2) is 9.83. The normalized spacial score (nSPS) is 17.5. The Labute approximate surface area is 190 Å². The maximum atomic E-state index is 14.0. The Morgan fingerprint density at radius 3 is 2.36 bits per heavy atom. The summed E-state index contributed by atoms with van der Waals surface area (Å²) in [7, 11) is 6.27. The number of hydrogen-bond acceptors (Lipinski definition) is 7. The number of aliphatic hydroxyl groups excluding tert-OH is 1. The molecule has 33 heavy (non-hydrogen) atoms. The van der Waals surface area contributed by atoms with Crippen LogP contribution in [0.15, 0.2) is 48.0 Å². The monoisotopic (exact) mass is 456 g/mol. The molecule has 2 aromatic rings. The Morgan fingerprint density at radius 1 is 1.12 bits per heavy atom. The second-order valence-electron chi connectivity index (χ2n) is 7.75. The SMILES string of the molecule is COC(=O)c1ccc(C2C(=C(O)c3cc(F)ccc3OC)C(=O)C(=O)N2CCN(C)C)cc1. The Kier molecular flexibility index (Phi) is 7.13. The number of nitrogens with zero attached hydrogens (tertiary/aromatic N) is 2. The van der Waals surface area contributed by atoms with Crippen molar-refractivity contribution < 1.29 is 33.4 Å². The van der Waals surface area contributed by atoms with Crippen LogP contribution in [0.3, 0.4) is 0 Å². The van der Waals surface area contributed by atoms with E-state index in [1.807, 2.05) is 19.0 Å². The fraction of sp³-hybridized carbons (Fsp3) is 0.292. The molecule has 0 aromatic heterocycles. The zero-order chi connectivity index (χ0) is 24.3. The summed E-state index contributed by atoms with van der Waals surface area (Å²) in [4.78, 5) is 41.0. The van der Waals surface area contributed by atoms with Crippen molar-refractivity contribution >= 4 is 23.4 Å². The van der Waals surface area contributed by atoms with Crippen molar-refractivity contribution in [1.29, 1.82) is 0 Å². The Balaban J connectivity index is 2.19. The van der Waals surface area contributed by atoms with Gasteiger partial charge in [0.2, 0.25) is 0 Å². The number of likely N-dealkylation sites (N-methyl/N-ethyl adjacent to an activating group) is 1. The fourth-order valence-corrected chi connectivity index (χ4v) is 3.69. The highest BCUT2D eigenvalue weighted by Crippen LogP contribution is 2.41. The van der Waals surface area contributed by atoms with Crippen LogP contribution < -0.4 is 4.74 Å². The highest BCUT2D eigenvalue weighted by molar-refractivity contribution is 6.46. The van der Waals surface area contributed by atoms with E-state index in [9.17, 15) is 23.9 Å². The van der Waals surface area contributed by atoms with Gasteiger partial charge in [-0.1, -0.05) is 12.1 Å². The van der Waals surface area contributed by atoms with Gasteiger partial charge in [-0.25, -0.2) is 9.18 Å². The van der Waals surface area contributed by atoms with E-state index in [1.165, 1.54) is 37.3 Å². The van der Waals surface area contributed by atoms with Gasteiger partial charge in [0.1, 0.15) is 17.3 Å². The average Bonchev–Trinajstić information content (AvgIpc) is 3.06. The lowest BCUT2D eigenvalue weighted by atomic mass is 9.94. The molecule has 1 heterocycles. The first kappa shape index (κ1) is 23.9. The van der Waals surface area contributed by atoms with Gasteiger partial charge >= 0.3 is 5.97 Å². The summed E-state index contributed by atoms with van der Waals surface area (Å²) in [5.41, 5.74) is 0.559. The number of amides is 1. The van der Waals surface area contributed by atoms with Gasteiger partial charge in [0.25, 0.3) is 11.7 Å². The number of esters is 1. The molecule has 1 aliphatic heterocycles. The number of ether oxygens (including phenoxy) is 2. The number of rotatable bonds is 7. The number of halogens is 1. The maximum Gasteiger partial charge on any atom is 0.337 e. The number of Topliss-reactive ketones (excluding diaryl/α,β-unsaturated/α-hetero) is 1. The summed E-state index contributed by atoms with van der Waals surface area (Å²) in [6.45, 7) is 0.672. The summed E-state index contributed by atoms with van der Waals surface area (Å²) in [5, 5.41) is 11.1. The summed E-state index contributed by atoms with van der Waals surface area (Å²) in [6.07, 6.45) is 0. The van der Waals surface area contributed by atoms with E-state index in [0.29, 0.717) is 17.7 Å². The topological polar surface area (TPSA) is 96.4 Å². The van der Waals surface area contributed by atoms with Crippen LogP contribution in [0, 0.1) is 5.82 Å². The number of ketones is 1. The largest absolute Gasteiger partial charge is 0.507 e. The van der Waals surface area contributed by atoms with E-state index >= 15 is 0 Å². The Hall–Kier alpha value is -3.72. The van der Waals surface area contributed by atoms with Crippen LogP contribution in [0.25, 0.3) is 5.76 Å². The number of aliphatic hydroxyl groups is 1. The molecule has 0 saturated carbocycles. The lowest BCUT2D eigenvalue weighted by Gasteiger charge is -2.26. The average molecular weight is 456 g/mol. The molecular formula is C24H25FN2O6. The molecular weight excluding hydrogens is 431 g/mol. The molecule has 1 amide bonds. The van der Waals surface area contributed by atoms with E-state index in [0.717, 1.165) is 12.1 Å². The van der Waals surface area contributed by atoms with Crippen LogP contribution in [-0.4, -0.2) is 74.0 Å². The van der Waals surface area contributed by atoms with Gasteiger partial charge in [-0.2, -0.15) is 0 Å². The molecule has 174 valence electrons. The van der Waals surface area contributed by atoms with Crippen LogP contribution in [-0.2, 0) is 14.3 Å². The van der Waals surface area contributed by atoms with Crippen LogP contribution in [0.1, 0.15) is 27.5 Å². The van der Waals surface area contributed by atoms with Crippen molar-refractivity contribution in [1.82, 2.24) is 9.80 Å². The number of carbonyl (C=O) groups excluding carboxylic acids is 3. The van der Waals surface area contributed by atoms with Crippen LogP contribution in [0.2, 0.25) is 0 Å². The number of likely N-dealkylation sites (tertiary alicyclic amines) is 1. The van der Waals surface area contributed by atoms with E-state index in [4.69, 9.17) is 9.47 Å². The minimum absolute atomic E-state index is 0.0423. The molecule has 0 radical (unpaired) electrons. The standard InChI is InChI=1S/C24H25FN2O6/c1-26(2)11-12-27-20(14-5-7-15(8-6-14)24(31)33-4)19(22(29)23(27)30)21(28)17-13-16(25)9-10-18(17)32-3/h5-10,13,20,28H,11-12H2,1-4H3. The molecule has 0 aliphatic carbocycles. The lowest BCUT2D eigenvalue weighted by Crippen LogP contribution is -2.35. The predicted octanol–water partition coefficient (Wildman–Crippen LogP) is 2.60. The fourth-order valence-electron chi connectivity index (χ4n) is 3.69. The highest BCUT2D eigenvalue weighted by Gasteiger charge is 2.46. The Morgan fingerprint density at radius 2 is 1.79 bits per heavy atom. The lowest BCUT2D eigenvalue weighted by molar-refractivity contribution is -0.140. The highest BCUT2D eigenvalue weighted by atomic mass is 19.1. The zero-order valence-electron chi connectivity index (χ0n) is 18.8. The van der Waals surface area contributed by atoms with Crippen molar-refractivity contribution in [3.8, 4) is 5.75 Å². The summed E-state index contributed by atoms with van der Waals surface area (Å²) >= 11 is 0. The zero-order valence-corrected chi connectivity index (χ0v) is 18.8. The molecule has 1 aliphatic rings. The molecule has 8 nitrogen and oxygen atoms in total. The van der Waals surface area contributed by atoms with Gasteiger partial charge in [-0.15, -0.1) is 0 Å². The van der Waals surface area contributed by atoms with Gasteiger partial charge in [0.05, 0.1) is 37.0 Å². The van der Waals surface area contributed by atoms with E-state index in [-0.39, 0.29) is 23.4 Å². The van der Waals surface area contributed by atoms with Gasteiger partial charge in [0, 0.05) is 13.1 Å². The van der Waals surface area contributed by atoms with E-state index in [1.54, 1.807) is 12.1 Å². The van der Waals surface area contributed by atoms with Crippen molar-refractivity contribution in [3.05, 3.63) is 70.5 Å². The third kappa shape index (κ3) is 4.73. The summed E-state index contributed by atoms with van der Waals surface area (Å²) < 4.78 is 23.9. The third-order valence-corrected chi connectivity index (χ3v) is 5.39. The quantitative estimate of drug-likeness (QED) is 0.296. The first-order valence-electron chi connectivity index (χ1n) is 10.1. The van der Waals surface area contributed by atoms with Crippen LogP contribution in [0.4, 0.5) is 4.39 Å². The summed E-state index contributed by atoms with van der Waals surface area (Å²) in [5.74, 6) is -3.24. The molecule has 0 spiro atoms. The minimum atomic E-state index is -0.940. The first-order valence-corrected chi connectivity index (χ1v) is 10.1. The molecule has 1 unspecified atom stereocenters. The van der Waals surface area contributed by atoms with E-state index < -0.39 is 35.3 Å². The smallest absolute Gasteiger partial charge is 0.337 e. The molecule has 1 saturated heterocycles. The van der Waals surface area contributed by atoms with Crippen molar-refractivity contribution in [2.75, 3.05) is 41.4 Å².